The average Bonchev–Trinajstić information content (AvgIpc) is 2.10. The Hall–Kier alpha value is -0.780. The largest absolute Gasteiger partial charge is 0.0776 e. The standard InChI is InChI=1S/C9H12.C2H6.3CH4/c1-3-9-6-4-8(2)5-7-9;1-2;;;/h4-7H,3H2,1-2H3;1-2H3;3*1H4. The lowest BCUT2D eigenvalue weighted by Gasteiger charge is -1.94. The van der Waals surface area contributed by atoms with Gasteiger partial charge in [0.1, 0.15) is 0 Å². The number of rotatable bonds is 1. The second-order valence-corrected chi connectivity index (χ2v) is 2.34. The van der Waals surface area contributed by atoms with E-state index in [1.165, 1.54) is 11.1 Å². The Labute approximate surface area is 92.4 Å². The summed E-state index contributed by atoms with van der Waals surface area (Å²) in [7, 11) is 0. The van der Waals surface area contributed by atoms with E-state index < -0.39 is 0 Å². The van der Waals surface area contributed by atoms with Crippen molar-refractivity contribution in [2.75, 3.05) is 0 Å². The first-order valence-corrected chi connectivity index (χ1v) is 4.38. The first-order valence-electron chi connectivity index (χ1n) is 4.38. The lowest BCUT2D eigenvalue weighted by molar-refractivity contribution is 1.14. The predicted molar refractivity (Wildman–Crippen MR) is 72.1 cm³/mol. The van der Waals surface area contributed by atoms with Gasteiger partial charge in [0, 0.05) is 0 Å². The van der Waals surface area contributed by atoms with Crippen LogP contribution in [0, 0.1) is 6.92 Å². The third-order valence-corrected chi connectivity index (χ3v) is 1.53. The molecule has 0 heterocycles. The van der Waals surface area contributed by atoms with Gasteiger partial charge in [-0.25, -0.2) is 0 Å². The fourth-order valence-electron chi connectivity index (χ4n) is 0.824. The first-order chi connectivity index (χ1) is 5.33. The van der Waals surface area contributed by atoms with Crippen LogP contribution in [0.1, 0.15) is 54.2 Å². The molecule has 0 nitrogen and oxygen atoms in total. The molecule has 0 amide bonds. The highest BCUT2D eigenvalue weighted by atomic mass is 13.9. The van der Waals surface area contributed by atoms with E-state index in [-0.39, 0.29) is 22.3 Å². The van der Waals surface area contributed by atoms with E-state index >= 15 is 0 Å². The molecule has 0 saturated heterocycles. The zero-order chi connectivity index (χ0) is 8.69. The maximum atomic E-state index is 2.18. The van der Waals surface area contributed by atoms with Crippen molar-refractivity contribution >= 4 is 0 Å². The van der Waals surface area contributed by atoms with Crippen LogP contribution in [0.5, 0.6) is 0 Å². The highest BCUT2D eigenvalue weighted by molar-refractivity contribution is 5.20. The van der Waals surface area contributed by atoms with Gasteiger partial charge in [-0.2, -0.15) is 0 Å². The smallest absolute Gasteiger partial charge is 0.0307 e. The second-order valence-electron chi connectivity index (χ2n) is 2.34. The van der Waals surface area contributed by atoms with Crippen LogP contribution in [-0.2, 0) is 6.42 Å². The number of hydrogen-bond donors (Lipinski definition) is 0. The topological polar surface area (TPSA) is 0 Å². The van der Waals surface area contributed by atoms with Crippen molar-refractivity contribution < 1.29 is 0 Å². The molecule has 86 valence electrons. The van der Waals surface area contributed by atoms with Gasteiger partial charge >= 0.3 is 0 Å². The van der Waals surface area contributed by atoms with Gasteiger partial charge in [-0.1, -0.05) is 72.9 Å². The molecular weight excluding hydrogens is 168 g/mol. The summed E-state index contributed by atoms with van der Waals surface area (Å²) in [6.07, 6.45) is 1.14. The van der Waals surface area contributed by atoms with Crippen molar-refractivity contribution in [3.05, 3.63) is 35.4 Å². The van der Waals surface area contributed by atoms with Gasteiger partial charge in [-0.15, -0.1) is 0 Å². The molecule has 1 aromatic carbocycles. The number of hydrogen-bond acceptors (Lipinski definition) is 0. The summed E-state index contributed by atoms with van der Waals surface area (Å²) in [5.74, 6) is 0. The van der Waals surface area contributed by atoms with Crippen LogP contribution >= 0.6 is 0 Å². The fraction of sp³-hybridized carbons (Fsp3) is 0.571. The minimum absolute atomic E-state index is 0. The predicted octanol–water partition coefficient (Wildman–Crippen LogP) is 5.49. The van der Waals surface area contributed by atoms with Crippen molar-refractivity contribution in [2.45, 2.75) is 56.4 Å². The second kappa shape index (κ2) is 14.7. The third kappa shape index (κ3) is 9.31. The molecule has 0 bridgehead atoms. The normalized spacial score (nSPS) is 6.57. The van der Waals surface area contributed by atoms with E-state index in [0.29, 0.717) is 0 Å². The van der Waals surface area contributed by atoms with E-state index in [9.17, 15) is 0 Å². The Balaban J connectivity index is -0.0000000942. The Morgan fingerprint density at radius 3 is 1.50 bits per heavy atom. The summed E-state index contributed by atoms with van der Waals surface area (Å²) in [5.41, 5.74) is 2.76. The molecule has 0 spiro atoms. The molecule has 0 aliphatic heterocycles. The monoisotopic (exact) mass is 198 g/mol. The Morgan fingerprint density at radius 2 is 1.21 bits per heavy atom. The Morgan fingerprint density at radius 1 is 0.857 bits per heavy atom. The first kappa shape index (κ1) is 23.2. The molecule has 0 N–H and O–H groups in total. The van der Waals surface area contributed by atoms with E-state index in [1.54, 1.807) is 0 Å². The maximum Gasteiger partial charge on any atom is -0.0307 e. The van der Waals surface area contributed by atoms with Crippen molar-refractivity contribution in [1.82, 2.24) is 0 Å². The summed E-state index contributed by atoms with van der Waals surface area (Å²) < 4.78 is 0. The molecule has 0 fully saturated rings. The van der Waals surface area contributed by atoms with E-state index in [2.05, 4.69) is 38.1 Å². The van der Waals surface area contributed by atoms with Crippen LogP contribution < -0.4 is 0 Å². The van der Waals surface area contributed by atoms with E-state index in [4.69, 9.17) is 0 Å². The molecule has 0 unspecified atom stereocenters. The van der Waals surface area contributed by atoms with Crippen LogP contribution in [0.2, 0.25) is 0 Å². The number of benzene rings is 1. The van der Waals surface area contributed by atoms with Gasteiger partial charge in [-0.3, -0.25) is 0 Å². The summed E-state index contributed by atoms with van der Waals surface area (Å²) in [6.45, 7) is 8.28. The fourth-order valence-corrected chi connectivity index (χ4v) is 0.824. The number of aryl methyl sites for hydroxylation is 2. The lowest BCUT2D eigenvalue weighted by atomic mass is 10.1. The van der Waals surface area contributed by atoms with Gasteiger partial charge in [0.2, 0.25) is 0 Å². The van der Waals surface area contributed by atoms with Gasteiger partial charge < -0.3 is 0 Å². The molecule has 0 atom stereocenters. The highest BCUT2D eigenvalue weighted by Crippen LogP contribution is 2.02. The van der Waals surface area contributed by atoms with Crippen molar-refractivity contribution in [3.8, 4) is 0 Å². The van der Waals surface area contributed by atoms with Gasteiger partial charge in [0.05, 0.1) is 0 Å². The van der Waals surface area contributed by atoms with Crippen LogP contribution in [0.15, 0.2) is 24.3 Å². The molecule has 1 aromatic rings. The van der Waals surface area contributed by atoms with Crippen LogP contribution in [0.3, 0.4) is 0 Å². The van der Waals surface area contributed by atoms with Crippen molar-refractivity contribution in [3.63, 3.8) is 0 Å². The Bertz CT molecular complexity index is 172. The Kier molecular flexibility index (Phi) is 24.4. The molecule has 0 aliphatic rings. The van der Waals surface area contributed by atoms with E-state index in [0.717, 1.165) is 6.42 Å². The van der Waals surface area contributed by atoms with Crippen LogP contribution in [-0.4, -0.2) is 0 Å². The molecular formula is C14H30. The SMILES string of the molecule is C.C.C.CC.CCc1ccc(C)cc1. The van der Waals surface area contributed by atoms with Crippen LogP contribution in [0.4, 0.5) is 0 Å². The minimum atomic E-state index is 0. The zero-order valence-electron chi connectivity index (χ0n) is 8.02. The van der Waals surface area contributed by atoms with Crippen LogP contribution in [0.25, 0.3) is 0 Å². The van der Waals surface area contributed by atoms with Gasteiger partial charge in [0.15, 0.2) is 0 Å². The third-order valence-electron chi connectivity index (χ3n) is 1.53. The molecule has 0 aromatic heterocycles. The molecule has 0 heteroatoms. The molecule has 0 saturated carbocycles. The zero-order valence-corrected chi connectivity index (χ0v) is 8.02. The van der Waals surface area contributed by atoms with Crippen molar-refractivity contribution in [1.29, 1.82) is 0 Å². The summed E-state index contributed by atoms with van der Waals surface area (Å²) in [6, 6.07) is 8.66. The minimum Gasteiger partial charge on any atom is -0.0776 e. The van der Waals surface area contributed by atoms with Gasteiger partial charge in [0.25, 0.3) is 0 Å². The molecule has 0 aliphatic carbocycles. The highest BCUT2D eigenvalue weighted by Gasteiger charge is 1.84. The van der Waals surface area contributed by atoms with Crippen molar-refractivity contribution in [2.24, 2.45) is 0 Å². The van der Waals surface area contributed by atoms with E-state index in [1.807, 2.05) is 13.8 Å². The quantitative estimate of drug-likeness (QED) is 0.559. The molecule has 1 rings (SSSR count). The maximum absolute atomic E-state index is 2.18. The summed E-state index contributed by atoms with van der Waals surface area (Å²) in [4.78, 5) is 0. The summed E-state index contributed by atoms with van der Waals surface area (Å²) in [5, 5.41) is 0. The van der Waals surface area contributed by atoms with Gasteiger partial charge in [-0.05, 0) is 18.9 Å². The lowest BCUT2D eigenvalue weighted by Crippen LogP contribution is -1.77. The molecule has 0 radical (unpaired) electrons. The average molecular weight is 198 g/mol. The molecule has 14 heavy (non-hydrogen) atoms. The summed E-state index contributed by atoms with van der Waals surface area (Å²) >= 11 is 0.